The van der Waals surface area contributed by atoms with Gasteiger partial charge in [0.1, 0.15) is 22.5 Å². The van der Waals surface area contributed by atoms with Crippen molar-refractivity contribution in [1.82, 2.24) is 5.32 Å². The molecule has 28 heavy (non-hydrogen) atoms. The Hall–Kier alpha value is -3.11. The fourth-order valence-corrected chi connectivity index (χ4v) is 4.18. The number of anilines is 1. The van der Waals surface area contributed by atoms with Crippen molar-refractivity contribution in [1.29, 1.82) is 5.26 Å². The molecular weight excluding hydrogens is 377 g/mol. The normalized spacial score (nSPS) is 18.0. The van der Waals surface area contributed by atoms with Crippen LogP contribution in [0.1, 0.15) is 11.1 Å². The monoisotopic (exact) mass is 395 g/mol. The van der Waals surface area contributed by atoms with E-state index in [-0.39, 0.29) is 17.3 Å². The number of carbonyl (C=O) groups is 2. The molecule has 1 N–H and O–H groups in total. The molecule has 0 saturated carbocycles. The minimum absolute atomic E-state index is 0.108. The first kappa shape index (κ1) is 19.6. The number of rotatable bonds is 4. The van der Waals surface area contributed by atoms with E-state index in [1.807, 2.05) is 25.1 Å². The first-order valence-corrected chi connectivity index (χ1v) is 9.50. The summed E-state index contributed by atoms with van der Waals surface area (Å²) in [7, 11) is 1.44. The van der Waals surface area contributed by atoms with Crippen molar-refractivity contribution in [2.75, 3.05) is 11.9 Å². The molecule has 2 amide bonds. The van der Waals surface area contributed by atoms with Crippen LogP contribution in [-0.4, -0.2) is 24.1 Å². The molecule has 0 aliphatic carbocycles. The van der Waals surface area contributed by atoms with Crippen LogP contribution in [-0.2, 0) is 16.0 Å². The summed E-state index contributed by atoms with van der Waals surface area (Å²) < 4.78 is 13.2. The van der Waals surface area contributed by atoms with Crippen LogP contribution in [0.25, 0.3) is 0 Å². The van der Waals surface area contributed by atoms with Gasteiger partial charge in [0.15, 0.2) is 0 Å². The second kappa shape index (κ2) is 8.28. The molecule has 1 saturated heterocycles. The highest BCUT2D eigenvalue weighted by molar-refractivity contribution is 8.05. The lowest BCUT2D eigenvalue weighted by Crippen LogP contribution is -2.31. The van der Waals surface area contributed by atoms with Crippen molar-refractivity contribution < 1.29 is 14.0 Å². The summed E-state index contributed by atoms with van der Waals surface area (Å²) in [5.41, 5.74) is 2.32. The van der Waals surface area contributed by atoms with Gasteiger partial charge < -0.3 is 5.32 Å². The highest BCUT2D eigenvalue weighted by atomic mass is 32.2. The lowest BCUT2D eigenvalue weighted by Gasteiger charge is -2.18. The number of halogens is 1. The smallest absolute Gasteiger partial charge is 0.264 e. The Bertz CT molecular complexity index is 978. The molecule has 1 aliphatic rings. The second-order valence-corrected chi connectivity index (χ2v) is 7.51. The second-order valence-electron chi connectivity index (χ2n) is 6.32. The lowest BCUT2D eigenvalue weighted by atomic mass is 10.1. The SMILES string of the molecule is CNC(=O)C(C#N)=C1SC(Cc2ccc(F)cc2)C(=O)N1c1ccc(C)cc1. The largest absolute Gasteiger partial charge is 0.354 e. The molecule has 1 atom stereocenters. The summed E-state index contributed by atoms with van der Waals surface area (Å²) in [5.74, 6) is -1.11. The Morgan fingerprint density at radius 2 is 1.86 bits per heavy atom. The molecule has 2 aromatic rings. The molecule has 3 rings (SSSR count). The number of nitrogens with zero attached hydrogens (tertiary/aromatic N) is 2. The molecule has 0 aromatic heterocycles. The van der Waals surface area contributed by atoms with Crippen molar-refractivity contribution in [2.45, 2.75) is 18.6 Å². The Balaban J connectivity index is 2.03. The number of hydrogen-bond acceptors (Lipinski definition) is 4. The van der Waals surface area contributed by atoms with Gasteiger partial charge in [-0.15, -0.1) is 0 Å². The number of benzene rings is 2. The van der Waals surface area contributed by atoms with Crippen LogP contribution < -0.4 is 10.2 Å². The third kappa shape index (κ3) is 3.92. The molecule has 5 nitrogen and oxygen atoms in total. The molecule has 1 unspecified atom stereocenters. The quantitative estimate of drug-likeness (QED) is 0.637. The number of aryl methyl sites for hydroxylation is 1. The summed E-state index contributed by atoms with van der Waals surface area (Å²) in [6.07, 6.45) is 0.363. The van der Waals surface area contributed by atoms with Gasteiger partial charge in [-0.25, -0.2) is 4.39 Å². The van der Waals surface area contributed by atoms with Gasteiger partial charge in [0.05, 0.1) is 5.25 Å². The number of hydrogen-bond donors (Lipinski definition) is 1. The van der Waals surface area contributed by atoms with Crippen LogP contribution >= 0.6 is 11.8 Å². The molecule has 0 bridgehead atoms. The average Bonchev–Trinajstić information content (AvgIpc) is 3.00. The zero-order chi connectivity index (χ0) is 20.3. The number of carbonyl (C=O) groups excluding carboxylic acids is 2. The van der Waals surface area contributed by atoms with E-state index in [1.165, 1.54) is 35.8 Å². The summed E-state index contributed by atoms with van der Waals surface area (Å²) in [6.45, 7) is 1.93. The van der Waals surface area contributed by atoms with E-state index < -0.39 is 11.2 Å². The number of thioether (sulfide) groups is 1. The van der Waals surface area contributed by atoms with Crippen molar-refractivity contribution in [3.63, 3.8) is 0 Å². The highest BCUT2D eigenvalue weighted by Gasteiger charge is 2.40. The fourth-order valence-electron chi connectivity index (χ4n) is 2.88. The summed E-state index contributed by atoms with van der Waals surface area (Å²) in [4.78, 5) is 26.8. The molecule has 1 fully saturated rings. The van der Waals surface area contributed by atoms with Crippen molar-refractivity contribution in [3.05, 3.63) is 76.1 Å². The fraction of sp³-hybridized carbons (Fsp3) is 0.190. The Labute approximate surface area is 166 Å². The topological polar surface area (TPSA) is 73.2 Å². The maximum absolute atomic E-state index is 13.2. The van der Waals surface area contributed by atoms with Crippen molar-refractivity contribution >= 4 is 29.3 Å². The highest BCUT2D eigenvalue weighted by Crippen LogP contribution is 2.41. The lowest BCUT2D eigenvalue weighted by molar-refractivity contribution is -0.117. The van der Waals surface area contributed by atoms with E-state index in [9.17, 15) is 19.2 Å². The predicted octanol–water partition coefficient (Wildman–Crippen LogP) is 3.31. The third-order valence-corrected chi connectivity index (χ3v) is 5.62. The average molecular weight is 395 g/mol. The number of likely N-dealkylation sites (N-methyl/N-ethyl adjacent to an activating group) is 1. The molecule has 142 valence electrons. The van der Waals surface area contributed by atoms with Crippen LogP contribution in [0.2, 0.25) is 0 Å². The van der Waals surface area contributed by atoms with E-state index in [4.69, 9.17) is 0 Å². The van der Waals surface area contributed by atoms with Gasteiger partial charge in [-0.05, 0) is 43.2 Å². The van der Waals surface area contributed by atoms with Gasteiger partial charge in [-0.2, -0.15) is 5.26 Å². The van der Waals surface area contributed by atoms with Gasteiger partial charge >= 0.3 is 0 Å². The molecule has 2 aromatic carbocycles. The summed E-state index contributed by atoms with van der Waals surface area (Å²) >= 11 is 1.18. The van der Waals surface area contributed by atoms with Gasteiger partial charge in [-0.1, -0.05) is 41.6 Å². The van der Waals surface area contributed by atoms with E-state index >= 15 is 0 Å². The molecule has 7 heteroatoms. The molecular formula is C21H18FN3O2S. The van der Waals surface area contributed by atoms with Crippen LogP contribution in [0.5, 0.6) is 0 Å². The van der Waals surface area contributed by atoms with Crippen LogP contribution in [0.4, 0.5) is 10.1 Å². The standard InChI is InChI=1S/C21H18FN3O2S/c1-13-3-9-16(10-4-13)25-20(27)18(11-14-5-7-15(22)8-6-14)28-21(25)17(12-23)19(26)24-2/h3-10,18H,11H2,1-2H3,(H,24,26). The minimum atomic E-state index is -0.544. The van der Waals surface area contributed by atoms with Gasteiger partial charge in [-0.3, -0.25) is 14.5 Å². The predicted molar refractivity (Wildman–Crippen MR) is 107 cm³/mol. The summed E-state index contributed by atoms with van der Waals surface area (Å²) in [5, 5.41) is 11.8. The minimum Gasteiger partial charge on any atom is -0.354 e. The molecule has 1 heterocycles. The zero-order valence-electron chi connectivity index (χ0n) is 15.4. The Morgan fingerprint density at radius 3 is 2.43 bits per heavy atom. The number of nitriles is 1. The van der Waals surface area contributed by atoms with Gasteiger partial charge in [0, 0.05) is 12.7 Å². The van der Waals surface area contributed by atoms with E-state index in [0.29, 0.717) is 17.1 Å². The Morgan fingerprint density at radius 1 is 1.21 bits per heavy atom. The molecule has 0 radical (unpaired) electrons. The first-order chi connectivity index (χ1) is 13.4. The summed E-state index contributed by atoms with van der Waals surface area (Å²) in [6, 6.07) is 15.2. The maximum atomic E-state index is 13.2. The van der Waals surface area contributed by atoms with Crippen LogP contribution in [0.15, 0.2) is 59.1 Å². The molecule has 1 aliphatic heterocycles. The van der Waals surface area contributed by atoms with Crippen molar-refractivity contribution in [3.8, 4) is 6.07 Å². The van der Waals surface area contributed by atoms with E-state index in [2.05, 4.69) is 5.32 Å². The van der Waals surface area contributed by atoms with Crippen LogP contribution in [0.3, 0.4) is 0 Å². The van der Waals surface area contributed by atoms with E-state index in [0.717, 1.165) is 11.1 Å². The van der Waals surface area contributed by atoms with Gasteiger partial charge in [0.25, 0.3) is 5.91 Å². The van der Waals surface area contributed by atoms with E-state index in [1.54, 1.807) is 24.3 Å². The Kier molecular flexibility index (Phi) is 5.81. The molecule has 0 spiro atoms. The first-order valence-electron chi connectivity index (χ1n) is 8.62. The van der Waals surface area contributed by atoms with Crippen molar-refractivity contribution in [2.24, 2.45) is 0 Å². The number of amides is 2. The zero-order valence-corrected chi connectivity index (χ0v) is 16.2. The maximum Gasteiger partial charge on any atom is 0.264 e. The van der Waals surface area contributed by atoms with Gasteiger partial charge in [0.2, 0.25) is 5.91 Å². The number of nitrogens with one attached hydrogen (secondary N) is 1. The third-order valence-electron chi connectivity index (χ3n) is 4.36. The van der Waals surface area contributed by atoms with Crippen LogP contribution in [0, 0.1) is 24.1 Å².